The molecule has 0 aromatic carbocycles. The van der Waals surface area contributed by atoms with Crippen LogP contribution in [0.4, 0.5) is 0 Å². The Hall–Kier alpha value is -1.01. The molecular formula is C11H20N2O. The van der Waals surface area contributed by atoms with Crippen LogP contribution in [0.2, 0.25) is 0 Å². The van der Waals surface area contributed by atoms with Gasteiger partial charge in [0, 0.05) is 6.54 Å². The van der Waals surface area contributed by atoms with Gasteiger partial charge >= 0.3 is 0 Å². The van der Waals surface area contributed by atoms with Gasteiger partial charge < -0.3 is 11.1 Å². The molecule has 0 saturated carbocycles. The minimum Gasteiger partial charge on any atom is -0.340 e. The highest BCUT2D eigenvalue weighted by atomic mass is 16.2. The molecule has 0 aromatic rings. The van der Waals surface area contributed by atoms with Crippen molar-refractivity contribution in [1.29, 1.82) is 0 Å². The lowest BCUT2D eigenvalue weighted by atomic mass is 9.93. The molecule has 80 valence electrons. The van der Waals surface area contributed by atoms with Crippen LogP contribution in [-0.4, -0.2) is 18.0 Å². The summed E-state index contributed by atoms with van der Waals surface area (Å²) in [6.45, 7) is 7.88. The van der Waals surface area contributed by atoms with Gasteiger partial charge in [0.15, 0.2) is 0 Å². The lowest BCUT2D eigenvalue weighted by Gasteiger charge is -2.25. The summed E-state index contributed by atoms with van der Waals surface area (Å²) in [6.07, 6.45) is 5.28. The van der Waals surface area contributed by atoms with Crippen molar-refractivity contribution in [2.75, 3.05) is 6.54 Å². The molecule has 3 N–H and O–H groups in total. The monoisotopic (exact) mass is 196 g/mol. The minimum atomic E-state index is -0.598. The summed E-state index contributed by atoms with van der Waals surface area (Å²) in [5.41, 5.74) is 4.92. The Labute approximate surface area is 86.4 Å². The Morgan fingerprint density at radius 1 is 1.57 bits per heavy atom. The van der Waals surface area contributed by atoms with E-state index in [1.165, 1.54) is 0 Å². The summed E-state index contributed by atoms with van der Waals surface area (Å²) in [6, 6.07) is 0. The van der Waals surface area contributed by atoms with Gasteiger partial charge in [-0.3, -0.25) is 4.79 Å². The molecule has 1 atom stereocenters. The lowest BCUT2D eigenvalue weighted by molar-refractivity contribution is -0.127. The van der Waals surface area contributed by atoms with E-state index in [0.717, 1.165) is 0 Å². The number of terminal acetylenes is 1. The van der Waals surface area contributed by atoms with Gasteiger partial charge in [-0.15, -0.1) is 6.42 Å². The van der Waals surface area contributed by atoms with Crippen molar-refractivity contribution >= 4 is 5.91 Å². The van der Waals surface area contributed by atoms with Crippen LogP contribution in [0.1, 0.15) is 27.7 Å². The molecule has 0 aliphatic carbocycles. The maximum Gasteiger partial charge on any atom is 0.225 e. The van der Waals surface area contributed by atoms with E-state index < -0.39 is 5.54 Å². The van der Waals surface area contributed by atoms with Crippen molar-refractivity contribution < 1.29 is 4.79 Å². The van der Waals surface area contributed by atoms with Crippen molar-refractivity contribution in [2.24, 2.45) is 17.6 Å². The second-order valence-electron chi connectivity index (χ2n) is 4.34. The molecule has 14 heavy (non-hydrogen) atoms. The Morgan fingerprint density at radius 2 is 2.07 bits per heavy atom. The van der Waals surface area contributed by atoms with Crippen LogP contribution in [0.3, 0.4) is 0 Å². The van der Waals surface area contributed by atoms with Crippen LogP contribution >= 0.6 is 0 Å². The van der Waals surface area contributed by atoms with Gasteiger partial charge in [-0.05, 0) is 19.8 Å². The number of rotatable bonds is 4. The van der Waals surface area contributed by atoms with E-state index in [0.29, 0.717) is 6.54 Å². The van der Waals surface area contributed by atoms with Gasteiger partial charge in [-0.25, -0.2) is 0 Å². The molecule has 1 unspecified atom stereocenters. The van der Waals surface area contributed by atoms with Crippen molar-refractivity contribution in [3.05, 3.63) is 0 Å². The highest BCUT2D eigenvalue weighted by molar-refractivity contribution is 5.80. The van der Waals surface area contributed by atoms with Crippen molar-refractivity contribution in [2.45, 2.75) is 33.2 Å². The molecule has 0 saturated heterocycles. The first-order valence-corrected chi connectivity index (χ1v) is 4.84. The van der Waals surface area contributed by atoms with Gasteiger partial charge in [-0.2, -0.15) is 0 Å². The summed E-state index contributed by atoms with van der Waals surface area (Å²) in [5.74, 6) is 2.52. The summed E-state index contributed by atoms with van der Waals surface area (Å²) in [5, 5.41) is 2.78. The fraction of sp³-hybridized carbons (Fsp3) is 0.727. The fourth-order valence-corrected chi connectivity index (χ4v) is 1.12. The van der Waals surface area contributed by atoms with Crippen LogP contribution in [0.15, 0.2) is 0 Å². The summed E-state index contributed by atoms with van der Waals surface area (Å²) < 4.78 is 0. The minimum absolute atomic E-state index is 0.0644. The summed E-state index contributed by atoms with van der Waals surface area (Å²) in [7, 11) is 0. The Morgan fingerprint density at radius 3 is 2.36 bits per heavy atom. The molecule has 0 heterocycles. The third-order valence-corrected chi connectivity index (χ3v) is 2.19. The number of amides is 1. The third kappa shape index (κ3) is 3.80. The van der Waals surface area contributed by atoms with Crippen LogP contribution in [-0.2, 0) is 4.79 Å². The Kier molecular flexibility index (Phi) is 4.65. The maximum absolute atomic E-state index is 11.7. The molecule has 0 aliphatic heterocycles. The normalized spacial score (nSPS) is 13.5. The van der Waals surface area contributed by atoms with E-state index in [1.807, 2.05) is 13.8 Å². The third-order valence-electron chi connectivity index (χ3n) is 2.19. The molecule has 0 rings (SSSR count). The predicted octanol–water partition coefficient (Wildman–Crippen LogP) is 0.745. The van der Waals surface area contributed by atoms with Gasteiger partial charge in [0.05, 0.1) is 11.5 Å². The average Bonchev–Trinajstić information content (AvgIpc) is 2.03. The van der Waals surface area contributed by atoms with Crippen LogP contribution < -0.4 is 11.1 Å². The van der Waals surface area contributed by atoms with Crippen molar-refractivity contribution in [3.8, 4) is 12.3 Å². The molecular weight excluding hydrogens is 176 g/mol. The topological polar surface area (TPSA) is 55.1 Å². The first-order chi connectivity index (χ1) is 6.34. The molecule has 3 nitrogen and oxygen atoms in total. The van der Waals surface area contributed by atoms with Crippen molar-refractivity contribution in [1.82, 2.24) is 5.32 Å². The van der Waals surface area contributed by atoms with E-state index in [4.69, 9.17) is 12.2 Å². The van der Waals surface area contributed by atoms with Crippen LogP contribution in [0, 0.1) is 24.2 Å². The number of hydrogen-bond acceptors (Lipinski definition) is 2. The van der Waals surface area contributed by atoms with E-state index >= 15 is 0 Å². The lowest BCUT2D eigenvalue weighted by Crippen LogP contribution is -2.47. The number of nitrogens with two attached hydrogens (primary N) is 1. The number of hydrogen-bond donors (Lipinski definition) is 2. The molecule has 0 aliphatic rings. The van der Waals surface area contributed by atoms with E-state index in [2.05, 4.69) is 11.2 Å². The zero-order chi connectivity index (χ0) is 11.4. The molecule has 0 spiro atoms. The smallest absolute Gasteiger partial charge is 0.225 e. The molecule has 0 aromatic heterocycles. The first-order valence-electron chi connectivity index (χ1n) is 4.84. The van der Waals surface area contributed by atoms with Crippen LogP contribution in [0.25, 0.3) is 0 Å². The van der Waals surface area contributed by atoms with Gasteiger partial charge in [0.2, 0.25) is 5.91 Å². The molecule has 3 heteroatoms. The summed E-state index contributed by atoms with van der Waals surface area (Å²) >= 11 is 0. The molecule has 0 bridgehead atoms. The standard InChI is InChI=1S/C11H20N2O/c1-6-11(4,5)13-10(14)9(7-12)8(2)3/h1,8-9H,7,12H2,2-5H3,(H,13,14). The Bertz CT molecular complexity index is 238. The second-order valence-corrected chi connectivity index (χ2v) is 4.34. The second kappa shape index (κ2) is 5.02. The zero-order valence-corrected chi connectivity index (χ0v) is 9.42. The van der Waals surface area contributed by atoms with E-state index in [9.17, 15) is 4.79 Å². The molecule has 1 amide bonds. The van der Waals surface area contributed by atoms with E-state index in [-0.39, 0.29) is 17.7 Å². The SMILES string of the molecule is C#CC(C)(C)NC(=O)C(CN)C(C)C. The van der Waals surface area contributed by atoms with Gasteiger partial charge in [-0.1, -0.05) is 19.8 Å². The summed E-state index contributed by atoms with van der Waals surface area (Å²) in [4.78, 5) is 11.7. The predicted molar refractivity (Wildman–Crippen MR) is 58.4 cm³/mol. The molecule has 0 fully saturated rings. The number of nitrogens with one attached hydrogen (secondary N) is 1. The van der Waals surface area contributed by atoms with Gasteiger partial charge in [0.25, 0.3) is 0 Å². The maximum atomic E-state index is 11.7. The molecule has 0 radical (unpaired) electrons. The first kappa shape index (κ1) is 13.0. The zero-order valence-electron chi connectivity index (χ0n) is 9.42. The fourth-order valence-electron chi connectivity index (χ4n) is 1.12. The highest BCUT2D eigenvalue weighted by Gasteiger charge is 2.25. The number of carbonyl (C=O) groups is 1. The number of carbonyl (C=O) groups excluding carboxylic acids is 1. The largest absolute Gasteiger partial charge is 0.340 e. The quantitative estimate of drug-likeness (QED) is 0.652. The van der Waals surface area contributed by atoms with Gasteiger partial charge in [0.1, 0.15) is 0 Å². The average molecular weight is 196 g/mol. The highest BCUT2D eigenvalue weighted by Crippen LogP contribution is 2.11. The van der Waals surface area contributed by atoms with Crippen LogP contribution in [0.5, 0.6) is 0 Å². The van der Waals surface area contributed by atoms with E-state index in [1.54, 1.807) is 13.8 Å². The van der Waals surface area contributed by atoms with Crippen molar-refractivity contribution in [3.63, 3.8) is 0 Å². The Balaban J connectivity index is 4.41.